The molecule has 0 N–H and O–H groups in total. The molecule has 1 aliphatic rings. The molecular formula is C23H27NO. The molecule has 2 heteroatoms. The molecule has 0 bridgehead atoms. The average molecular weight is 333 g/mol. The number of ether oxygens (including phenoxy) is 1. The third kappa shape index (κ3) is 4.50. The standard InChI is InChI=1S/C23H27NO/c1-3-17(2)25-23-14-12-22(13-15-23)21-10-8-20(9-11-21)19-6-4-18(16-24)5-7-19/h4-11,17,22-23H,3,12-15H2,1-2H3/t17?,22-,23-. The Hall–Kier alpha value is -2.11. The Kier molecular flexibility index (Phi) is 5.89. The van der Waals surface area contributed by atoms with Crippen molar-refractivity contribution in [3.05, 3.63) is 59.7 Å². The van der Waals surface area contributed by atoms with Gasteiger partial charge in [0.15, 0.2) is 0 Å². The van der Waals surface area contributed by atoms with Crippen LogP contribution in [0.4, 0.5) is 0 Å². The quantitative estimate of drug-likeness (QED) is 0.665. The molecule has 1 aliphatic carbocycles. The fraction of sp³-hybridized carbons (Fsp3) is 0.435. The van der Waals surface area contributed by atoms with E-state index in [-0.39, 0.29) is 0 Å². The summed E-state index contributed by atoms with van der Waals surface area (Å²) in [6, 6.07) is 18.9. The van der Waals surface area contributed by atoms with Gasteiger partial charge in [-0.15, -0.1) is 0 Å². The van der Waals surface area contributed by atoms with Gasteiger partial charge in [-0.3, -0.25) is 0 Å². The molecule has 0 amide bonds. The minimum absolute atomic E-state index is 0.383. The zero-order chi connectivity index (χ0) is 17.6. The molecule has 1 saturated carbocycles. The van der Waals surface area contributed by atoms with E-state index in [0.717, 1.165) is 12.0 Å². The number of nitriles is 1. The van der Waals surface area contributed by atoms with Crippen molar-refractivity contribution in [2.24, 2.45) is 0 Å². The smallest absolute Gasteiger partial charge is 0.0991 e. The van der Waals surface area contributed by atoms with Gasteiger partial charge in [0.25, 0.3) is 0 Å². The van der Waals surface area contributed by atoms with Crippen LogP contribution in [0.2, 0.25) is 0 Å². The molecule has 0 heterocycles. The van der Waals surface area contributed by atoms with Crippen LogP contribution in [0, 0.1) is 11.3 Å². The van der Waals surface area contributed by atoms with Crippen LogP contribution in [0.25, 0.3) is 11.1 Å². The highest BCUT2D eigenvalue weighted by atomic mass is 16.5. The Bertz CT molecular complexity index is 703. The Morgan fingerprint density at radius 1 is 0.960 bits per heavy atom. The van der Waals surface area contributed by atoms with Gasteiger partial charge in [0.05, 0.1) is 23.8 Å². The lowest BCUT2D eigenvalue weighted by Crippen LogP contribution is -2.24. The second kappa shape index (κ2) is 8.32. The van der Waals surface area contributed by atoms with Crippen molar-refractivity contribution < 1.29 is 4.74 Å². The molecule has 2 aromatic carbocycles. The van der Waals surface area contributed by atoms with Crippen molar-refractivity contribution in [3.63, 3.8) is 0 Å². The maximum Gasteiger partial charge on any atom is 0.0991 e. The third-order valence-corrected chi connectivity index (χ3v) is 5.40. The molecule has 1 unspecified atom stereocenters. The Morgan fingerprint density at radius 3 is 2.04 bits per heavy atom. The molecular weight excluding hydrogens is 306 g/mol. The van der Waals surface area contributed by atoms with Crippen molar-refractivity contribution in [1.82, 2.24) is 0 Å². The number of hydrogen-bond acceptors (Lipinski definition) is 2. The molecule has 130 valence electrons. The highest BCUT2D eigenvalue weighted by Crippen LogP contribution is 2.35. The molecule has 2 nitrogen and oxygen atoms in total. The van der Waals surface area contributed by atoms with Gasteiger partial charge in [-0.2, -0.15) is 5.26 Å². The normalized spacial score (nSPS) is 21.5. The third-order valence-electron chi connectivity index (χ3n) is 5.40. The van der Waals surface area contributed by atoms with Crippen LogP contribution in [-0.4, -0.2) is 12.2 Å². The zero-order valence-electron chi connectivity index (χ0n) is 15.2. The largest absolute Gasteiger partial charge is 0.375 e. The fourth-order valence-corrected chi connectivity index (χ4v) is 3.64. The highest BCUT2D eigenvalue weighted by molar-refractivity contribution is 5.64. The van der Waals surface area contributed by atoms with E-state index < -0.39 is 0 Å². The molecule has 1 fully saturated rings. The lowest BCUT2D eigenvalue weighted by Gasteiger charge is -2.30. The van der Waals surface area contributed by atoms with Gasteiger partial charge in [0.1, 0.15) is 0 Å². The van der Waals surface area contributed by atoms with Crippen molar-refractivity contribution in [2.75, 3.05) is 0 Å². The lowest BCUT2D eigenvalue weighted by atomic mass is 9.82. The van der Waals surface area contributed by atoms with Crippen LogP contribution in [0.3, 0.4) is 0 Å². The van der Waals surface area contributed by atoms with E-state index in [2.05, 4.69) is 44.2 Å². The Morgan fingerprint density at radius 2 is 1.52 bits per heavy atom. The highest BCUT2D eigenvalue weighted by Gasteiger charge is 2.23. The monoisotopic (exact) mass is 333 g/mol. The first-order valence-corrected chi connectivity index (χ1v) is 9.45. The Labute approximate surface area is 151 Å². The van der Waals surface area contributed by atoms with Crippen LogP contribution in [0.5, 0.6) is 0 Å². The fourth-order valence-electron chi connectivity index (χ4n) is 3.64. The van der Waals surface area contributed by atoms with E-state index in [0.29, 0.717) is 23.7 Å². The number of rotatable bonds is 5. The summed E-state index contributed by atoms with van der Waals surface area (Å²) in [7, 11) is 0. The van der Waals surface area contributed by atoms with Crippen LogP contribution >= 0.6 is 0 Å². The van der Waals surface area contributed by atoms with Gasteiger partial charge in [-0.1, -0.05) is 43.3 Å². The van der Waals surface area contributed by atoms with E-state index in [4.69, 9.17) is 10.00 Å². The van der Waals surface area contributed by atoms with Gasteiger partial charge < -0.3 is 4.74 Å². The number of nitrogens with zero attached hydrogens (tertiary/aromatic N) is 1. The van der Waals surface area contributed by atoms with Crippen molar-refractivity contribution in [3.8, 4) is 17.2 Å². The van der Waals surface area contributed by atoms with Gasteiger partial charge in [-0.25, -0.2) is 0 Å². The summed E-state index contributed by atoms with van der Waals surface area (Å²) in [5, 5.41) is 8.90. The van der Waals surface area contributed by atoms with E-state index in [1.807, 2.05) is 24.3 Å². The number of hydrogen-bond donors (Lipinski definition) is 0. The van der Waals surface area contributed by atoms with Crippen LogP contribution in [0.15, 0.2) is 48.5 Å². The van der Waals surface area contributed by atoms with Crippen LogP contribution < -0.4 is 0 Å². The average Bonchev–Trinajstić information content (AvgIpc) is 2.69. The first-order chi connectivity index (χ1) is 12.2. The van der Waals surface area contributed by atoms with E-state index >= 15 is 0 Å². The van der Waals surface area contributed by atoms with Gasteiger partial charge >= 0.3 is 0 Å². The summed E-state index contributed by atoms with van der Waals surface area (Å²) in [4.78, 5) is 0. The maximum absolute atomic E-state index is 8.90. The SMILES string of the molecule is CCC(C)O[C@H]1CC[C@H](c2ccc(-c3ccc(C#N)cc3)cc2)CC1. The molecule has 0 aliphatic heterocycles. The summed E-state index contributed by atoms with van der Waals surface area (Å²) in [6.45, 7) is 4.36. The van der Waals surface area contributed by atoms with Crippen molar-refractivity contribution in [1.29, 1.82) is 5.26 Å². The minimum Gasteiger partial charge on any atom is -0.375 e. The Balaban J connectivity index is 1.60. The molecule has 1 atom stereocenters. The molecule has 0 radical (unpaired) electrons. The first-order valence-electron chi connectivity index (χ1n) is 9.45. The lowest BCUT2D eigenvalue weighted by molar-refractivity contribution is -0.0246. The van der Waals surface area contributed by atoms with E-state index in [1.165, 1.54) is 36.8 Å². The number of benzene rings is 2. The van der Waals surface area contributed by atoms with Crippen LogP contribution in [0.1, 0.15) is 63.0 Å². The predicted octanol–water partition coefficient (Wildman–Crippen LogP) is 6.07. The summed E-state index contributed by atoms with van der Waals surface area (Å²) >= 11 is 0. The van der Waals surface area contributed by atoms with E-state index in [1.54, 1.807) is 0 Å². The second-order valence-electron chi connectivity index (χ2n) is 7.14. The zero-order valence-corrected chi connectivity index (χ0v) is 15.2. The predicted molar refractivity (Wildman–Crippen MR) is 102 cm³/mol. The van der Waals surface area contributed by atoms with Gasteiger partial charge in [0, 0.05) is 0 Å². The molecule has 3 rings (SSSR count). The summed E-state index contributed by atoms with van der Waals surface area (Å²) in [5.41, 5.74) is 4.52. The molecule has 0 spiro atoms. The summed E-state index contributed by atoms with van der Waals surface area (Å²) < 4.78 is 6.10. The first kappa shape index (κ1) is 17.7. The topological polar surface area (TPSA) is 33.0 Å². The molecule has 2 aromatic rings. The minimum atomic E-state index is 0.383. The maximum atomic E-state index is 8.90. The van der Waals surface area contributed by atoms with Gasteiger partial charge in [-0.05, 0) is 73.8 Å². The summed E-state index contributed by atoms with van der Waals surface area (Å²) in [5.74, 6) is 0.659. The van der Waals surface area contributed by atoms with Crippen molar-refractivity contribution in [2.45, 2.75) is 64.1 Å². The van der Waals surface area contributed by atoms with Crippen LogP contribution in [-0.2, 0) is 4.74 Å². The van der Waals surface area contributed by atoms with Gasteiger partial charge in [0.2, 0.25) is 0 Å². The molecule has 0 aromatic heterocycles. The summed E-state index contributed by atoms with van der Waals surface area (Å²) in [6.07, 6.45) is 6.71. The van der Waals surface area contributed by atoms with E-state index in [9.17, 15) is 0 Å². The van der Waals surface area contributed by atoms with Crippen molar-refractivity contribution >= 4 is 0 Å². The molecule has 0 saturated heterocycles. The second-order valence-corrected chi connectivity index (χ2v) is 7.14. The molecule has 25 heavy (non-hydrogen) atoms.